The molecule has 0 radical (unpaired) electrons. The Hall–Kier alpha value is -1.09. The van der Waals surface area contributed by atoms with Gasteiger partial charge in [0.1, 0.15) is 0 Å². The molecular weight excluding hydrogens is 313 g/mol. The lowest BCUT2D eigenvalue weighted by molar-refractivity contribution is 0.372. The minimum absolute atomic E-state index is 0.332. The summed E-state index contributed by atoms with van der Waals surface area (Å²) in [5.74, 6) is -0.552. The van der Waals surface area contributed by atoms with E-state index in [-0.39, 0.29) is 0 Å². The highest BCUT2D eigenvalue weighted by Crippen LogP contribution is 2.58. The smallest absolute Gasteiger partial charge is 0.427 e. The van der Waals surface area contributed by atoms with Crippen molar-refractivity contribution >= 4 is 15.2 Å². The number of nitriles is 1. The molecule has 0 heterocycles. The van der Waals surface area contributed by atoms with Gasteiger partial charge in [-0.15, -0.1) is 0 Å². The van der Waals surface area contributed by atoms with Crippen LogP contribution >= 0.6 is 0 Å². The largest absolute Gasteiger partial charge is 0.456 e. The Morgan fingerprint density at radius 3 is 1.62 bits per heavy atom. The van der Waals surface area contributed by atoms with Crippen LogP contribution in [-0.2, 0) is 5.04 Å². The zero-order chi connectivity index (χ0) is 18.7. The van der Waals surface area contributed by atoms with Crippen molar-refractivity contribution < 1.29 is 10.0 Å². The maximum atomic E-state index is 10.5. The minimum atomic E-state index is -2.36. The lowest BCUT2D eigenvalue weighted by atomic mass is 9.64. The lowest BCUT2D eigenvalue weighted by Crippen LogP contribution is -2.64. The summed E-state index contributed by atoms with van der Waals surface area (Å²) in [7, 11) is -3.88. The highest BCUT2D eigenvalue weighted by Gasteiger charge is 2.63. The molecule has 0 saturated heterocycles. The molecule has 0 aromatic heterocycles. The predicted molar refractivity (Wildman–Crippen MR) is 104 cm³/mol. The van der Waals surface area contributed by atoms with Crippen molar-refractivity contribution in [2.24, 2.45) is 0 Å². The van der Waals surface area contributed by atoms with Gasteiger partial charge in [0, 0.05) is 5.82 Å². The summed E-state index contributed by atoms with van der Waals surface area (Å²) >= 11 is 0. The Kier molecular flexibility index (Phi) is 6.86. The molecule has 24 heavy (non-hydrogen) atoms. The van der Waals surface area contributed by atoms with E-state index in [0.717, 1.165) is 5.56 Å². The Morgan fingerprint density at radius 2 is 1.33 bits per heavy atom. The molecule has 0 saturated carbocycles. The van der Waals surface area contributed by atoms with Crippen LogP contribution in [0, 0.1) is 11.3 Å². The second-order valence-electron chi connectivity index (χ2n) is 7.89. The van der Waals surface area contributed by atoms with E-state index < -0.39 is 26.0 Å². The number of hydrogen-bond acceptors (Lipinski definition) is 3. The second kappa shape index (κ2) is 7.86. The van der Waals surface area contributed by atoms with E-state index in [0.29, 0.717) is 16.6 Å². The van der Waals surface area contributed by atoms with Crippen LogP contribution in [0.5, 0.6) is 0 Å². The number of benzene rings is 1. The standard InChI is InChI=1S/C19H32BNO2Si/c1-14(2)24(15(3)4,16(5)6)19(13-21,17(7)20(22)23)18-11-9-8-10-12-18/h8-12,14-17,22-23H,1-7H3. The van der Waals surface area contributed by atoms with Gasteiger partial charge in [0.15, 0.2) is 0 Å². The Balaban J connectivity index is 3.96. The highest BCUT2D eigenvalue weighted by atomic mass is 28.3. The molecule has 1 rings (SSSR count). The summed E-state index contributed by atoms with van der Waals surface area (Å²) in [6.07, 6.45) is 0. The number of hydrogen-bond donors (Lipinski definition) is 2. The van der Waals surface area contributed by atoms with Crippen LogP contribution in [0.2, 0.25) is 22.4 Å². The van der Waals surface area contributed by atoms with E-state index >= 15 is 0 Å². The fourth-order valence-corrected chi connectivity index (χ4v) is 14.0. The average Bonchev–Trinajstić information content (AvgIpc) is 2.51. The fourth-order valence-electron chi connectivity index (χ4n) is 5.46. The molecule has 0 bridgehead atoms. The van der Waals surface area contributed by atoms with Crippen molar-refractivity contribution in [1.29, 1.82) is 5.26 Å². The zero-order valence-corrected chi connectivity index (χ0v) is 17.1. The van der Waals surface area contributed by atoms with E-state index in [2.05, 4.69) is 47.6 Å². The van der Waals surface area contributed by atoms with Gasteiger partial charge in [0.2, 0.25) is 0 Å². The molecule has 0 spiro atoms. The van der Waals surface area contributed by atoms with Gasteiger partial charge in [0.25, 0.3) is 0 Å². The third kappa shape index (κ3) is 2.96. The predicted octanol–water partition coefficient (Wildman–Crippen LogP) is 4.53. The molecule has 1 aromatic rings. The van der Waals surface area contributed by atoms with E-state index in [1.54, 1.807) is 0 Å². The van der Waals surface area contributed by atoms with Crippen LogP contribution < -0.4 is 0 Å². The monoisotopic (exact) mass is 345 g/mol. The average molecular weight is 345 g/mol. The molecule has 0 fully saturated rings. The van der Waals surface area contributed by atoms with Gasteiger partial charge in [-0.05, 0) is 22.2 Å². The van der Waals surface area contributed by atoms with Crippen LogP contribution in [0.3, 0.4) is 0 Å². The summed E-state index contributed by atoms with van der Waals surface area (Å²) in [4.78, 5) is 0. The maximum absolute atomic E-state index is 10.5. The molecule has 5 heteroatoms. The minimum Gasteiger partial charge on any atom is -0.427 e. The van der Waals surface area contributed by atoms with E-state index in [4.69, 9.17) is 0 Å². The van der Waals surface area contributed by atoms with Crippen molar-refractivity contribution in [2.45, 2.75) is 75.9 Å². The molecule has 2 unspecified atom stereocenters. The SMILES string of the molecule is CC(B(O)O)C(C#N)(c1ccccc1)[Si](C(C)C)(C(C)C)C(C)C. The first-order valence-corrected chi connectivity index (χ1v) is 11.2. The lowest BCUT2D eigenvalue weighted by Gasteiger charge is -2.56. The van der Waals surface area contributed by atoms with Crippen molar-refractivity contribution in [3.8, 4) is 6.07 Å². The van der Waals surface area contributed by atoms with Crippen LogP contribution in [0.4, 0.5) is 0 Å². The van der Waals surface area contributed by atoms with E-state index in [1.807, 2.05) is 37.3 Å². The number of rotatable bonds is 7. The van der Waals surface area contributed by atoms with Gasteiger partial charge in [0.05, 0.1) is 19.2 Å². The van der Waals surface area contributed by atoms with Crippen molar-refractivity contribution in [1.82, 2.24) is 0 Å². The van der Waals surface area contributed by atoms with Crippen molar-refractivity contribution in [3.05, 3.63) is 35.9 Å². The normalized spacial score (nSPS) is 16.1. The molecule has 132 valence electrons. The third-order valence-corrected chi connectivity index (χ3v) is 14.0. The van der Waals surface area contributed by atoms with Crippen LogP contribution in [0.25, 0.3) is 0 Å². The van der Waals surface area contributed by atoms with Crippen LogP contribution in [0.15, 0.2) is 30.3 Å². The molecule has 1 aromatic carbocycles. The molecule has 0 aliphatic carbocycles. The topological polar surface area (TPSA) is 64.2 Å². The van der Waals surface area contributed by atoms with Crippen molar-refractivity contribution in [3.63, 3.8) is 0 Å². The number of nitrogens with zero attached hydrogens (tertiary/aromatic N) is 1. The molecule has 0 aliphatic heterocycles. The Labute approximate surface area is 148 Å². The van der Waals surface area contributed by atoms with Crippen molar-refractivity contribution in [2.75, 3.05) is 0 Å². The molecule has 3 nitrogen and oxygen atoms in total. The Bertz CT molecular complexity index is 547. The summed E-state index contributed by atoms with van der Waals surface area (Å²) in [5.41, 5.74) is 1.92. The Morgan fingerprint density at radius 1 is 0.917 bits per heavy atom. The molecular formula is C19H32BNO2Si. The summed E-state index contributed by atoms with van der Waals surface area (Å²) in [6, 6.07) is 12.4. The van der Waals surface area contributed by atoms with Crippen LogP contribution in [-0.4, -0.2) is 25.2 Å². The van der Waals surface area contributed by atoms with Gasteiger partial charge in [-0.2, -0.15) is 5.26 Å². The van der Waals surface area contributed by atoms with Gasteiger partial charge in [-0.1, -0.05) is 78.8 Å². The quantitative estimate of drug-likeness (QED) is 0.714. The molecule has 2 atom stereocenters. The van der Waals surface area contributed by atoms with Gasteiger partial charge in [-0.25, -0.2) is 0 Å². The maximum Gasteiger partial charge on any atom is 0.456 e. The third-order valence-electron chi connectivity index (χ3n) is 6.08. The summed E-state index contributed by atoms with van der Waals surface area (Å²) in [5, 5.41) is 29.8. The van der Waals surface area contributed by atoms with Gasteiger partial charge < -0.3 is 10.0 Å². The first kappa shape index (κ1) is 21.0. The summed E-state index contributed by atoms with van der Waals surface area (Å²) in [6.45, 7) is 15.1. The second-order valence-corrected chi connectivity index (χ2v) is 14.0. The van der Waals surface area contributed by atoms with E-state index in [9.17, 15) is 15.3 Å². The summed E-state index contributed by atoms with van der Waals surface area (Å²) < 4.78 is 0. The zero-order valence-electron chi connectivity index (χ0n) is 16.1. The van der Waals surface area contributed by atoms with Gasteiger partial charge in [-0.3, -0.25) is 0 Å². The molecule has 0 aliphatic rings. The fraction of sp³-hybridized carbons (Fsp3) is 0.632. The first-order chi connectivity index (χ1) is 11.1. The molecule has 2 N–H and O–H groups in total. The first-order valence-electron chi connectivity index (χ1n) is 8.93. The van der Waals surface area contributed by atoms with E-state index in [1.165, 1.54) is 0 Å². The molecule has 0 amide bonds. The van der Waals surface area contributed by atoms with Crippen LogP contribution in [0.1, 0.15) is 54.0 Å². The highest BCUT2D eigenvalue weighted by molar-refractivity contribution is 6.87. The van der Waals surface area contributed by atoms with Gasteiger partial charge >= 0.3 is 7.12 Å².